The summed E-state index contributed by atoms with van der Waals surface area (Å²) in [6, 6.07) is 22.9. The van der Waals surface area contributed by atoms with Crippen molar-refractivity contribution in [2.45, 2.75) is 59.2 Å². The minimum absolute atomic E-state index is 0.145. The smallest absolute Gasteiger partial charge is 0.412 e. The van der Waals surface area contributed by atoms with Crippen molar-refractivity contribution in [2.24, 2.45) is 0 Å². The third-order valence-corrected chi connectivity index (χ3v) is 8.06. The number of hydrogen-bond acceptors (Lipinski definition) is 11. The first-order valence-electron chi connectivity index (χ1n) is 16.7. The third-order valence-electron chi connectivity index (χ3n) is 7.19. The van der Waals surface area contributed by atoms with E-state index in [-0.39, 0.29) is 23.9 Å². The number of hydrogen-bond donors (Lipinski definition) is 5. The van der Waals surface area contributed by atoms with Crippen LogP contribution >= 0.6 is 11.3 Å². The predicted octanol–water partition coefficient (Wildman–Crippen LogP) is 7.80. The number of aromatic hydroxyl groups is 1. The van der Waals surface area contributed by atoms with Crippen LogP contribution in [-0.2, 0) is 25.5 Å². The molecule has 0 aliphatic carbocycles. The molecule has 5 aromatic rings. The minimum Gasteiger partial charge on any atom is -0.494 e. The van der Waals surface area contributed by atoms with Crippen molar-refractivity contribution in [2.75, 3.05) is 29.1 Å². The fraction of sp³-hybridized carbons (Fsp3) is 0.282. The Morgan fingerprint density at radius 3 is 2.13 bits per heavy atom. The maximum atomic E-state index is 13.0. The Balaban J connectivity index is 1.29. The quantitative estimate of drug-likeness (QED) is 0.0793. The van der Waals surface area contributed by atoms with Crippen LogP contribution in [0.15, 0.2) is 83.7 Å². The molecule has 4 aromatic carbocycles. The number of nitrogens with one attached hydrogen (secondary N) is 4. The summed E-state index contributed by atoms with van der Waals surface area (Å²) < 4.78 is 22.8. The average Bonchev–Trinajstić information content (AvgIpc) is 3.38. The second-order valence-electron chi connectivity index (χ2n) is 14.0. The number of carbonyl (C=O) groups excluding carboxylic acids is 3. The highest BCUT2D eigenvalue weighted by molar-refractivity contribution is 7.09. The maximum absolute atomic E-state index is 13.0. The van der Waals surface area contributed by atoms with E-state index in [1.54, 1.807) is 102 Å². The fourth-order valence-corrected chi connectivity index (χ4v) is 5.82. The van der Waals surface area contributed by atoms with Crippen LogP contribution in [-0.4, -0.2) is 52.4 Å². The molecule has 278 valence electrons. The van der Waals surface area contributed by atoms with Crippen LogP contribution in [0.4, 0.5) is 21.9 Å². The molecule has 1 aromatic heterocycles. The highest BCUT2D eigenvalue weighted by atomic mass is 32.1. The summed E-state index contributed by atoms with van der Waals surface area (Å²) in [5.41, 5.74) is 0.818. The number of ether oxygens (including phenoxy) is 4. The van der Waals surface area contributed by atoms with Gasteiger partial charge in [-0.05, 0) is 95.0 Å². The average molecular weight is 743 g/mol. The first-order valence-corrected chi connectivity index (χ1v) is 17.5. The molecule has 0 radical (unpaired) electrons. The first-order chi connectivity index (χ1) is 25.0. The summed E-state index contributed by atoms with van der Waals surface area (Å²) >= 11 is 0.941. The van der Waals surface area contributed by atoms with E-state index in [9.17, 15) is 24.3 Å². The van der Waals surface area contributed by atoms with Gasteiger partial charge >= 0.3 is 16.9 Å². The summed E-state index contributed by atoms with van der Waals surface area (Å²) in [7, 11) is 0. The molecule has 1 heterocycles. The number of thiazole rings is 1. The summed E-state index contributed by atoms with van der Waals surface area (Å²) in [6.45, 7) is 10.2. The van der Waals surface area contributed by atoms with Crippen molar-refractivity contribution in [1.82, 2.24) is 4.98 Å². The Labute approximate surface area is 310 Å². The van der Waals surface area contributed by atoms with Gasteiger partial charge in [0, 0.05) is 17.9 Å². The molecule has 2 amide bonds. The zero-order chi connectivity index (χ0) is 38.3. The van der Waals surface area contributed by atoms with Crippen LogP contribution in [0, 0.1) is 0 Å². The third kappa shape index (κ3) is 11.5. The normalized spacial score (nSPS) is 11.4. The zero-order valence-corrected chi connectivity index (χ0v) is 31.1. The molecule has 5 N–H and O–H groups in total. The van der Waals surface area contributed by atoms with E-state index < -0.39 is 29.2 Å². The number of anilines is 3. The lowest BCUT2D eigenvalue weighted by molar-refractivity contribution is -0.152. The van der Waals surface area contributed by atoms with Crippen LogP contribution in [0.1, 0.15) is 52.0 Å². The second kappa shape index (κ2) is 16.1. The van der Waals surface area contributed by atoms with Gasteiger partial charge in [-0.3, -0.25) is 24.7 Å². The molecule has 13 nitrogen and oxygen atoms in total. The van der Waals surface area contributed by atoms with Gasteiger partial charge < -0.3 is 34.7 Å². The Hall–Kier alpha value is -6.02. The molecule has 0 atom stereocenters. The lowest BCUT2D eigenvalue weighted by atomic mass is 10.1. The standard InChI is InChI=1S/C39H42N4O9S/c1-38(2,3)51-34(45)21-40-31-20-27(50-26-15-12-24-8-7-9-29(28(24)19-26)42-36(47)52-39(4,5)6)16-17-30(31)41-33(44)22-49-25-13-10-23(11-14-25)18-32-35(46)43-37(48)53-32/h7-17,19-20,40,46H,18,21-22H2,1-6H3,(H,41,44)(H,42,47)(H,43,48). The molecule has 0 spiro atoms. The van der Waals surface area contributed by atoms with Gasteiger partial charge in [0.25, 0.3) is 5.91 Å². The van der Waals surface area contributed by atoms with Gasteiger partial charge in [0.2, 0.25) is 5.88 Å². The molecule has 0 aliphatic heterocycles. The first kappa shape index (κ1) is 38.2. The van der Waals surface area contributed by atoms with E-state index in [2.05, 4.69) is 20.9 Å². The highest BCUT2D eigenvalue weighted by Gasteiger charge is 2.19. The largest absolute Gasteiger partial charge is 0.494 e. The van der Waals surface area contributed by atoms with Crippen LogP contribution in [0.25, 0.3) is 10.8 Å². The van der Waals surface area contributed by atoms with Gasteiger partial charge in [0.05, 0.1) is 21.9 Å². The molecule has 14 heteroatoms. The van der Waals surface area contributed by atoms with Crippen molar-refractivity contribution in [3.05, 3.63) is 99.0 Å². The summed E-state index contributed by atoms with van der Waals surface area (Å²) in [6.07, 6.45) is -0.216. The molecule has 0 bridgehead atoms. The molecule has 0 fully saturated rings. The van der Waals surface area contributed by atoms with Crippen LogP contribution in [0.2, 0.25) is 0 Å². The lowest BCUT2D eigenvalue weighted by Gasteiger charge is -2.20. The van der Waals surface area contributed by atoms with Gasteiger partial charge in [-0.25, -0.2) is 4.79 Å². The number of amides is 2. The van der Waals surface area contributed by atoms with Crippen molar-refractivity contribution < 1.29 is 38.4 Å². The van der Waals surface area contributed by atoms with E-state index in [0.717, 1.165) is 27.7 Å². The summed E-state index contributed by atoms with van der Waals surface area (Å²) in [4.78, 5) is 52.1. The number of aromatic amines is 1. The summed E-state index contributed by atoms with van der Waals surface area (Å²) in [5.74, 6) is 0.239. The number of carbonyl (C=O) groups is 3. The number of rotatable bonds is 12. The van der Waals surface area contributed by atoms with Crippen LogP contribution in [0.5, 0.6) is 23.1 Å². The molecule has 53 heavy (non-hydrogen) atoms. The topological polar surface area (TPSA) is 177 Å². The molecule has 0 saturated heterocycles. The Bertz CT molecular complexity index is 2160. The molecule has 0 unspecified atom stereocenters. The van der Waals surface area contributed by atoms with E-state index in [1.807, 2.05) is 18.2 Å². The lowest BCUT2D eigenvalue weighted by Crippen LogP contribution is -2.28. The van der Waals surface area contributed by atoms with Gasteiger partial charge in [0.15, 0.2) is 6.61 Å². The van der Waals surface area contributed by atoms with Crippen LogP contribution in [0.3, 0.4) is 0 Å². The van der Waals surface area contributed by atoms with Crippen molar-refractivity contribution in [1.29, 1.82) is 0 Å². The van der Waals surface area contributed by atoms with E-state index >= 15 is 0 Å². The number of H-pyrrole nitrogens is 1. The summed E-state index contributed by atoms with van der Waals surface area (Å²) in [5, 5.41) is 20.1. The highest BCUT2D eigenvalue weighted by Crippen LogP contribution is 2.34. The number of aromatic nitrogens is 1. The number of esters is 1. The molecule has 0 aliphatic rings. The van der Waals surface area contributed by atoms with Crippen molar-refractivity contribution >= 4 is 57.1 Å². The monoisotopic (exact) mass is 742 g/mol. The van der Waals surface area contributed by atoms with E-state index in [1.165, 1.54) is 0 Å². The Kier molecular flexibility index (Phi) is 11.6. The number of fused-ring (bicyclic) bond motifs is 1. The van der Waals surface area contributed by atoms with Gasteiger partial charge in [-0.1, -0.05) is 41.7 Å². The molecule has 5 rings (SSSR count). The zero-order valence-electron chi connectivity index (χ0n) is 30.2. The maximum Gasteiger partial charge on any atom is 0.412 e. The predicted molar refractivity (Wildman–Crippen MR) is 205 cm³/mol. The van der Waals surface area contributed by atoms with Gasteiger partial charge in [0.1, 0.15) is 35.0 Å². The van der Waals surface area contributed by atoms with E-state index in [0.29, 0.717) is 45.6 Å². The van der Waals surface area contributed by atoms with E-state index in [4.69, 9.17) is 18.9 Å². The van der Waals surface area contributed by atoms with Crippen LogP contribution < -0.4 is 30.3 Å². The molecular formula is C39H42N4O9S. The molecule has 0 saturated carbocycles. The number of benzene rings is 4. The Morgan fingerprint density at radius 2 is 1.45 bits per heavy atom. The van der Waals surface area contributed by atoms with Gasteiger partial charge in [-0.2, -0.15) is 0 Å². The van der Waals surface area contributed by atoms with Gasteiger partial charge in [-0.15, -0.1) is 0 Å². The minimum atomic E-state index is -0.686. The Morgan fingerprint density at radius 1 is 0.774 bits per heavy atom. The second-order valence-corrected chi connectivity index (χ2v) is 15.1. The van der Waals surface area contributed by atoms with Crippen molar-refractivity contribution in [3.63, 3.8) is 0 Å². The SMILES string of the molecule is CC(C)(C)OC(=O)CNc1cc(Oc2ccc3cccc(NC(=O)OC(C)(C)C)c3c2)ccc1NC(=O)COc1ccc(Cc2sc(=O)[nH]c2O)cc1. The molecular weight excluding hydrogens is 701 g/mol. The fourth-order valence-electron chi connectivity index (χ4n) is 5.06. The van der Waals surface area contributed by atoms with Crippen molar-refractivity contribution in [3.8, 4) is 23.1 Å².